The van der Waals surface area contributed by atoms with Crippen molar-refractivity contribution < 1.29 is 60.4 Å². The van der Waals surface area contributed by atoms with Crippen molar-refractivity contribution in [3.63, 3.8) is 0 Å². The smallest absolute Gasteiger partial charge is 0.490 e. The number of aromatic nitrogens is 1. The van der Waals surface area contributed by atoms with E-state index in [4.69, 9.17) is 34.0 Å². The molecule has 1 saturated heterocycles. The quantitative estimate of drug-likeness (QED) is 0.466. The Morgan fingerprint density at radius 1 is 0.775 bits per heavy atom. The topological polar surface area (TPSA) is 122 Å². The first kappa shape index (κ1) is 34.2. The van der Waals surface area contributed by atoms with Gasteiger partial charge in [-0.1, -0.05) is 12.1 Å². The lowest BCUT2D eigenvalue weighted by Crippen LogP contribution is -2.45. The highest BCUT2D eigenvalue weighted by atomic mass is 19.4. The average molecular weight is 585 g/mol. The highest BCUT2D eigenvalue weighted by molar-refractivity contribution is 5.73. The third-order valence-electron chi connectivity index (χ3n) is 5.24. The molecular formula is C24H29F6N3O7. The number of carboxylic acid groups (broad SMARTS) is 2. The fraction of sp³-hybridized carbons (Fsp3) is 0.458. The van der Waals surface area contributed by atoms with Crippen molar-refractivity contribution in [1.29, 1.82) is 0 Å². The van der Waals surface area contributed by atoms with Crippen molar-refractivity contribution in [3.8, 4) is 17.2 Å². The molecule has 10 nitrogen and oxygen atoms in total. The number of rotatable bonds is 7. The van der Waals surface area contributed by atoms with Gasteiger partial charge in [-0.15, -0.1) is 0 Å². The Morgan fingerprint density at radius 2 is 1.25 bits per heavy atom. The van der Waals surface area contributed by atoms with Gasteiger partial charge >= 0.3 is 24.3 Å². The first-order valence-corrected chi connectivity index (χ1v) is 11.4. The maximum absolute atomic E-state index is 10.6. The molecule has 16 heteroatoms. The van der Waals surface area contributed by atoms with Crippen LogP contribution in [0, 0.1) is 0 Å². The summed E-state index contributed by atoms with van der Waals surface area (Å²) >= 11 is 0. The SMILES string of the molecule is COc1ccc(CN2CCN(Cc3ccccn3)CC2)c(OC)c1OC.O=C(O)C(F)(F)F.O=C(O)C(F)(F)F. The number of alkyl halides is 6. The fourth-order valence-electron chi connectivity index (χ4n) is 3.35. The maximum Gasteiger partial charge on any atom is 0.490 e. The normalized spacial score (nSPS) is 14.1. The second kappa shape index (κ2) is 15.7. The predicted octanol–water partition coefficient (Wildman–Crippen LogP) is 3.69. The number of methoxy groups -OCH3 is 3. The molecule has 2 N–H and O–H groups in total. The summed E-state index contributed by atoms with van der Waals surface area (Å²) in [5.41, 5.74) is 2.24. The third-order valence-corrected chi connectivity index (χ3v) is 5.24. The summed E-state index contributed by atoms with van der Waals surface area (Å²) in [6, 6.07) is 10.1. The second-order valence-electron chi connectivity index (χ2n) is 7.97. The van der Waals surface area contributed by atoms with Gasteiger partial charge in [-0.05, 0) is 18.2 Å². The molecular weight excluding hydrogens is 556 g/mol. The minimum absolute atomic E-state index is 0.654. The molecule has 224 valence electrons. The number of piperazine rings is 1. The zero-order chi connectivity index (χ0) is 30.5. The van der Waals surface area contributed by atoms with Gasteiger partial charge in [0.25, 0.3) is 0 Å². The van der Waals surface area contributed by atoms with Crippen LogP contribution >= 0.6 is 0 Å². The molecule has 0 unspecified atom stereocenters. The van der Waals surface area contributed by atoms with E-state index in [2.05, 4.69) is 26.9 Å². The molecule has 0 saturated carbocycles. The van der Waals surface area contributed by atoms with Gasteiger partial charge in [0, 0.05) is 51.0 Å². The van der Waals surface area contributed by atoms with Crippen molar-refractivity contribution in [3.05, 3.63) is 47.8 Å². The molecule has 0 spiro atoms. The molecule has 3 rings (SSSR count). The van der Waals surface area contributed by atoms with E-state index in [0.717, 1.165) is 56.3 Å². The number of hydrogen-bond acceptors (Lipinski definition) is 8. The summed E-state index contributed by atoms with van der Waals surface area (Å²) in [5, 5.41) is 14.2. The molecule has 40 heavy (non-hydrogen) atoms. The molecule has 1 aromatic heterocycles. The van der Waals surface area contributed by atoms with Gasteiger partial charge < -0.3 is 24.4 Å². The second-order valence-corrected chi connectivity index (χ2v) is 7.97. The molecule has 1 fully saturated rings. The van der Waals surface area contributed by atoms with Gasteiger partial charge in [0.15, 0.2) is 11.5 Å². The van der Waals surface area contributed by atoms with Crippen LogP contribution < -0.4 is 14.2 Å². The molecule has 1 aliphatic heterocycles. The van der Waals surface area contributed by atoms with E-state index in [1.807, 2.05) is 24.4 Å². The lowest BCUT2D eigenvalue weighted by molar-refractivity contribution is -0.193. The van der Waals surface area contributed by atoms with Crippen LogP contribution in [0.3, 0.4) is 0 Å². The van der Waals surface area contributed by atoms with Crippen molar-refractivity contribution in [1.82, 2.24) is 14.8 Å². The summed E-state index contributed by atoms with van der Waals surface area (Å²) in [4.78, 5) is 27.1. The molecule has 2 heterocycles. The Bertz CT molecular complexity index is 1050. The zero-order valence-electron chi connectivity index (χ0n) is 21.8. The number of nitrogens with zero attached hydrogens (tertiary/aromatic N) is 3. The van der Waals surface area contributed by atoms with Crippen LogP contribution in [-0.4, -0.2) is 96.8 Å². The lowest BCUT2D eigenvalue weighted by Gasteiger charge is -2.34. The summed E-state index contributed by atoms with van der Waals surface area (Å²) in [6.45, 7) is 5.85. The standard InChI is InChI=1S/C20H27N3O3.2C2HF3O2/c1-24-18-8-7-16(19(25-2)20(18)26-3)14-22-10-12-23(13-11-22)15-17-6-4-5-9-21-17;2*3-2(4,5)1(6)7/h4-9H,10-15H2,1-3H3;2*(H,6,7). The van der Waals surface area contributed by atoms with E-state index in [1.54, 1.807) is 21.3 Å². The molecule has 1 aromatic carbocycles. The number of carboxylic acids is 2. The van der Waals surface area contributed by atoms with Crippen LogP contribution in [0.15, 0.2) is 36.5 Å². The summed E-state index contributed by atoms with van der Waals surface area (Å²) < 4.78 is 79.9. The third kappa shape index (κ3) is 11.5. The average Bonchev–Trinajstić information content (AvgIpc) is 2.89. The van der Waals surface area contributed by atoms with Gasteiger partial charge in [-0.3, -0.25) is 14.8 Å². The van der Waals surface area contributed by atoms with Crippen molar-refractivity contribution in [2.24, 2.45) is 0 Å². The molecule has 1 aliphatic rings. The molecule has 0 aliphatic carbocycles. The number of benzene rings is 1. The Kier molecular flexibility index (Phi) is 13.4. The van der Waals surface area contributed by atoms with Gasteiger partial charge in [0.05, 0.1) is 27.0 Å². The number of carbonyl (C=O) groups is 2. The van der Waals surface area contributed by atoms with Gasteiger partial charge in [-0.2, -0.15) is 26.3 Å². The minimum Gasteiger partial charge on any atom is -0.493 e. The van der Waals surface area contributed by atoms with Crippen molar-refractivity contribution in [2.75, 3.05) is 47.5 Å². The first-order chi connectivity index (χ1) is 18.6. The minimum atomic E-state index is -5.08. The van der Waals surface area contributed by atoms with E-state index in [0.29, 0.717) is 11.5 Å². The van der Waals surface area contributed by atoms with Gasteiger partial charge in [-0.25, -0.2) is 9.59 Å². The van der Waals surface area contributed by atoms with E-state index in [1.165, 1.54) is 0 Å². The van der Waals surface area contributed by atoms with Crippen molar-refractivity contribution >= 4 is 11.9 Å². The number of hydrogen-bond donors (Lipinski definition) is 2. The molecule has 0 atom stereocenters. The van der Waals surface area contributed by atoms with Crippen LogP contribution in [-0.2, 0) is 22.7 Å². The largest absolute Gasteiger partial charge is 0.493 e. The Balaban J connectivity index is 0.000000473. The summed E-state index contributed by atoms with van der Waals surface area (Å²) in [6.07, 6.45) is -8.31. The number of ether oxygens (including phenoxy) is 3. The predicted molar refractivity (Wildman–Crippen MR) is 128 cm³/mol. The fourth-order valence-corrected chi connectivity index (χ4v) is 3.35. The lowest BCUT2D eigenvalue weighted by atomic mass is 10.1. The van der Waals surface area contributed by atoms with Crippen molar-refractivity contribution in [2.45, 2.75) is 25.4 Å². The van der Waals surface area contributed by atoms with Gasteiger partial charge in [0.1, 0.15) is 0 Å². The summed E-state index contributed by atoms with van der Waals surface area (Å²) in [7, 11) is 4.95. The zero-order valence-corrected chi connectivity index (χ0v) is 21.8. The highest BCUT2D eigenvalue weighted by Crippen LogP contribution is 2.40. The first-order valence-electron chi connectivity index (χ1n) is 11.4. The van der Waals surface area contributed by atoms with Crippen LogP contribution in [0.1, 0.15) is 11.3 Å². The highest BCUT2D eigenvalue weighted by Gasteiger charge is 2.38. The van der Waals surface area contributed by atoms with E-state index >= 15 is 0 Å². The monoisotopic (exact) mass is 585 g/mol. The van der Waals surface area contributed by atoms with Crippen LogP contribution in [0.2, 0.25) is 0 Å². The van der Waals surface area contributed by atoms with Crippen LogP contribution in [0.4, 0.5) is 26.3 Å². The summed E-state index contributed by atoms with van der Waals surface area (Å²) in [5.74, 6) is -3.42. The molecule has 2 aromatic rings. The Hall–Kier alpha value is -3.79. The number of halogens is 6. The van der Waals surface area contributed by atoms with E-state index in [9.17, 15) is 26.3 Å². The maximum atomic E-state index is 10.6. The Morgan fingerprint density at radius 3 is 1.62 bits per heavy atom. The van der Waals surface area contributed by atoms with Crippen LogP contribution in [0.5, 0.6) is 17.2 Å². The molecule has 0 radical (unpaired) electrons. The number of pyridine rings is 1. The van der Waals surface area contributed by atoms with E-state index in [-0.39, 0.29) is 0 Å². The molecule has 0 amide bonds. The number of aliphatic carboxylic acids is 2. The Labute approximate surface area is 225 Å². The van der Waals surface area contributed by atoms with Crippen LogP contribution in [0.25, 0.3) is 0 Å². The molecule has 0 bridgehead atoms. The van der Waals surface area contributed by atoms with E-state index < -0.39 is 24.3 Å². The van der Waals surface area contributed by atoms with Gasteiger partial charge in [0.2, 0.25) is 5.75 Å².